The van der Waals surface area contributed by atoms with Crippen molar-refractivity contribution in [3.63, 3.8) is 0 Å². The van der Waals surface area contributed by atoms with Crippen LogP contribution in [0.4, 0.5) is 0 Å². The number of pyridine rings is 1. The number of hydrogen-bond acceptors (Lipinski definition) is 2. The van der Waals surface area contributed by atoms with Crippen LogP contribution in [0.3, 0.4) is 0 Å². The lowest BCUT2D eigenvalue weighted by Crippen LogP contribution is -2.37. The van der Waals surface area contributed by atoms with Crippen LogP contribution in [0, 0.1) is 12.2 Å². The van der Waals surface area contributed by atoms with E-state index in [9.17, 15) is 0 Å². The first-order chi connectivity index (χ1) is 34.3. The average molecular weight is 799 g/mol. The van der Waals surface area contributed by atoms with Crippen LogP contribution in [-0.4, -0.2) is 14.1 Å². The van der Waals surface area contributed by atoms with Gasteiger partial charge in [0.15, 0.2) is 0 Å². The minimum Gasteiger partial charge on any atom is -0.458 e. The third-order valence-corrected chi connectivity index (χ3v) is 13.0. The van der Waals surface area contributed by atoms with E-state index in [0.29, 0.717) is 28.2 Å². The lowest BCUT2D eigenvalue weighted by atomic mass is 9.58. The van der Waals surface area contributed by atoms with Gasteiger partial charge < -0.3 is 4.74 Å². The van der Waals surface area contributed by atoms with Crippen molar-refractivity contribution in [2.45, 2.75) is 43.9 Å². The van der Waals surface area contributed by atoms with Crippen LogP contribution in [0.15, 0.2) is 188 Å². The zero-order valence-corrected chi connectivity index (χ0v) is 33.1. The Hall–Kier alpha value is -7.24. The number of imidazole rings is 1. The van der Waals surface area contributed by atoms with E-state index in [-0.39, 0.29) is 33.4 Å². The molecule has 7 aromatic carbocycles. The van der Waals surface area contributed by atoms with Gasteiger partial charge in [0.1, 0.15) is 17.3 Å². The molecule has 0 amide bonds. The normalized spacial score (nSPS) is 19.6. The Bertz CT molecular complexity index is 3700. The van der Waals surface area contributed by atoms with Crippen molar-refractivity contribution < 1.29 is 23.0 Å². The van der Waals surface area contributed by atoms with Crippen LogP contribution in [0.5, 0.6) is 11.5 Å². The topological polar surface area (TPSA) is 35.9 Å². The number of para-hydroxylation sites is 4. The largest absolute Gasteiger partial charge is 0.458 e. The standard InChI is InChI=1S/C56H44N4O/c1-3-13-40(14-4-1)46-20-12-21-47(41-15-5-2-6-16-41)55(46)59-38-58(51-23-9-10-24-52(51)59)43-17-11-18-44(36-43)61-45-25-26-49-48-19-7-8-22-50(48)60(53(49)37-45)54-35-42(30-34-57-54)56-31-27-39(28-32-56)29-33-56/h1-26,30,34-37,39H,27-29,31-33H2/i1D,2D,3D,4D,5D,6D,13D,14D,15D,16D. The van der Waals surface area contributed by atoms with Crippen LogP contribution in [0.25, 0.3) is 72.3 Å². The van der Waals surface area contributed by atoms with Crippen LogP contribution in [0.2, 0.25) is 0 Å². The number of fused-ring (bicyclic) bond motifs is 7. The van der Waals surface area contributed by atoms with Gasteiger partial charge >= 0.3 is 0 Å². The van der Waals surface area contributed by atoms with Crippen LogP contribution in [0.1, 0.15) is 57.8 Å². The second kappa shape index (κ2) is 14.5. The molecule has 294 valence electrons. The maximum absolute atomic E-state index is 9.02. The van der Waals surface area contributed by atoms with Crippen molar-refractivity contribution >= 4 is 32.8 Å². The number of rotatable bonds is 8. The van der Waals surface area contributed by atoms with Gasteiger partial charge in [-0.05, 0) is 126 Å². The first-order valence-electron chi connectivity index (χ1n) is 25.8. The molecule has 3 aliphatic carbocycles. The van der Waals surface area contributed by atoms with Gasteiger partial charge in [0.05, 0.1) is 47.1 Å². The van der Waals surface area contributed by atoms with Gasteiger partial charge in [0, 0.05) is 23.0 Å². The molecule has 0 unspecified atom stereocenters. The Morgan fingerprint density at radius 2 is 1.28 bits per heavy atom. The highest BCUT2D eigenvalue weighted by atomic mass is 16.5. The van der Waals surface area contributed by atoms with Crippen molar-refractivity contribution in [1.82, 2.24) is 14.1 Å². The van der Waals surface area contributed by atoms with Gasteiger partial charge in [0.2, 0.25) is 0 Å². The molecule has 0 spiro atoms. The third kappa shape index (κ3) is 6.06. The number of hydrogen-bond donors (Lipinski definition) is 0. The van der Waals surface area contributed by atoms with E-state index < -0.39 is 60.4 Å². The summed E-state index contributed by atoms with van der Waals surface area (Å²) in [6.45, 7) is 0. The Morgan fingerprint density at radius 1 is 0.623 bits per heavy atom. The highest BCUT2D eigenvalue weighted by Crippen LogP contribution is 2.52. The van der Waals surface area contributed by atoms with Crippen molar-refractivity contribution in [2.75, 3.05) is 0 Å². The smallest absolute Gasteiger partial charge is 0.269 e. The first kappa shape index (κ1) is 26.8. The van der Waals surface area contributed by atoms with Gasteiger partial charge in [-0.15, -0.1) is 0 Å². The molecule has 0 aliphatic heterocycles. The Labute approximate surface area is 369 Å². The van der Waals surface area contributed by atoms with Crippen molar-refractivity contribution in [2.24, 2.45) is 5.92 Å². The molecule has 3 saturated carbocycles. The minimum absolute atomic E-state index is 0.122. The van der Waals surface area contributed by atoms with Gasteiger partial charge in [-0.3, -0.25) is 13.7 Å². The molecule has 61 heavy (non-hydrogen) atoms. The lowest BCUT2D eigenvalue weighted by Gasteiger charge is -2.47. The molecule has 0 N–H and O–H groups in total. The van der Waals surface area contributed by atoms with E-state index in [0.717, 1.165) is 33.5 Å². The number of ether oxygens (including phenoxy) is 1. The maximum Gasteiger partial charge on any atom is 0.269 e. The zero-order valence-electron chi connectivity index (χ0n) is 43.1. The van der Waals surface area contributed by atoms with Gasteiger partial charge in [-0.1, -0.05) is 127 Å². The van der Waals surface area contributed by atoms with Crippen molar-refractivity contribution in [3.05, 3.63) is 200 Å². The Morgan fingerprint density at radius 3 is 2.03 bits per heavy atom. The molecule has 5 heteroatoms. The molecule has 0 saturated heterocycles. The van der Waals surface area contributed by atoms with Crippen molar-refractivity contribution in [1.29, 1.82) is 0 Å². The molecule has 5 nitrogen and oxygen atoms in total. The quantitative estimate of drug-likeness (QED) is 0.113. The minimum atomic E-state index is -0.560. The number of nitrogens with zero attached hydrogens (tertiary/aromatic N) is 4. The van der Waals surface area contributed by atoms with Crippen LogP contribution >= 0.6 is 0 Å². The maximum atomic E-state index is 9.02. The SMILES string of the molecule is [2H]c1c([2H])c([2H])c(-c2cccc(-c3c([2H])c([2H])c([2H])c([2H])c3[2H])c2-[n+]2[c-]n(-c3cccc(Oc4ccc5c6ccccc6n(-c6cc(C78CCC(CC7)CC8)ccn6)c5c4)c3)c3ccccc32)c([2H])c1[2H]. The summed E-state index contributed by atoms with van der Waals surface area (Å²) < 4.78 is 99.5. The fourth-order valence-electron chi connectivity index (χ4n) is 10.0. The predicted octanol–water partition coefficient (Wildman–Crippen LogP) is 13.5. The summed E-state index contributed by atoms with van der Waals surface area (Å²) >= 11 is 0. The third-order valence-electron chi connectivity index (χ3n) is 13.0. The number of benzene rings is 7. The molecule has 10 aromatic rings. The van der Waals surface area contributed by atoms with E-state index in [2.05, 4.69) is 59.4 Å². The summed E-state index contributed by atoms with van der Waals surface area (Å²) in [5, 5.41) is 2.20. The Kier molecular flexibility index (Phi) is 6.36. The monoisotopic (exact) mass is 798 g/mol. The lowest BCUT2D eigenvalue weighted by molar-refractivity contribution is -0.571. The predicted molar refractivity (Wildman–Crippen MR) is 246 cm³/mol. The molecule has 13 rings (SSSR count). The van der Waals surface area contributed by atoms with Crippen molar-refractivity contribution in [3.8, 4) is 50.9 Å². The number of aromatic nitrogens is 4. The van der Waals surface area contributed by atoms with Crippen LogP contribution in [-0.2, 0) is 5.41 Å². The summed E-state index contributed by atoms with van der Waals surface area (Å²) in [6.07, 6.45) is 13.0. The highest BCUT2D eigenvalue weighted by molar-refractivity contribution is 6.09. The van der Waals surface area contributed by atoms with E-state index in [4.69, 9.17) is 23.4 Å². The summed E-state index contributed by atoms with van der Waals surface area (Å²) in [6, 6.07) is 33.7. The molecular weight excluding hydrogens is 745 g/mol. The zero-order chi connectivity index (χ0) is 49.0. The molecule has 0 radical (unpaired) electrons. The summed E-state index contributed by atoms with van der Waals surface area (Å²) in [5.41, 5.74) is 5.76. The second-order valence-corrected chi connectivity index (χ2v) is 16.3. The molecule has 3 aliphatic rings. The summed E-state index contributed by atoms with van der Waals surface area (Å²) in [7, 11) is 0. The molecule has 3 aromatic heterocycles. The van der Waals surface area contributed by atoms with Gasteiger partial charge in [-0.25, -0.2) is 4.98 Å². The van der Waals surface area contributed by atoms with E-state index in [1.54, 1.807) is 22.8 Å². The van der Waals surface area contributed by atoms with Gasteiger partial charge in [0.25, 0.3) is 6.33 Å². The van der Waals surface area contributed by atoms with Gasteiger partial charge in [-0.2, -0.15) is 0 Å². The fraction of sp³-hybridized carbons (Fsp3) is 0.143. The Balaban J connectivity index is 0.994. The highest BCUT2D eigenvalue weighted by Gasteiger charge is 2.41. The summed E-state index contributed by atoms with van der Waals surface area (Å²) in [4.78, 5) is 4.98. The molecular formula is C56H44N4O. The second-order valence-electron chi connectivity index (χ2n) is 16.3. The summed E-state index contributed by atoms with van der Waals surface area (Å²) in [5.74, 6) is 2.89. The first-order valence-corrected chi connectivity index (χ1v) is 20.8. The molecule has 0 atom stereocenters. The van der Waals surface area contributed by atoms with Crippen LogP contribution < -0.4 is 9.30 Å². The fourth-order valence-corrected chi connectivity index (χ4v) is 10.0. The molecule has 2 bridgehead atoms. The van der Waals surface area contributed by atoms with E-state index in [1.807, 2.05) is 65.4 Å². The average Bonchev–Trinajstić information content (AvgIpc) is 3.95. The molecule has 3 fully saturated rings. The molecule has 3 heterocycles. The van der Waals surface area contributed by atoms with E-state index in [1.165, 1.54) is 44.1 Å². The van der Waals surface area contributed by atoms with E-state index >= 15 is 0 Å².